The van der Waals surface area contributed by atoms with Crippen molar-refractivity contribution in [3.8, 4) is 10.6 Å². The first-order valence-electron chi connectivity index (χ1n) is 4.65. The molecule has 1 aromatic heterocycles. The van der Waals surface area contributed by atoms with Crippen molar-refractivity contribution in [3.63, 3.8) is 0 Å². The summed E-state index contributed by atoms with van der Waals surface area (Å²) >= 11 is 13.0. The average Bonchev–Trinajstić information content (AvgIpc) is 2.64. The molecule has 1 heterocycles. The minimum atomic E-state index is -0.982. The Morgan fingerprint density at radius 1 is 1.41 bits per heavy atom. The van der Waals surface area contributed by atoms with Gasteiger partial charge in [0, 0.05) is 10.6 Å². The van der Waals surface area contributed by atoms with Gasteiger partial charge in [-0.05, 0) is 25.1 Å². The van der Waals surface area contributed by atoms with E-state index in [4.69, 9.17) is 28.3 Å². The summed E-state index contributed by atoms with van der Waals surface area (Å²) in [5, 5.41) is 10.6. The summed E-state index contributed by atoms with van der Waals surface area (Å²) in [4.78, 5) is 15.3. The summed E-state index contributed by atoms with van der Waals surface area (Å²) in [5.41, 5.74) is 1.13. The van der Waals surface area contributed by atoms with Crippen molar-refractivity contribution in [2.75, 3.05) is 0 Å². The van der Waals surface area contributed by atoms with Crippen molar-refractivity contribution in [2.45, 2.75) is 6.92 Å². The predicted molar refractivity (Wildman–Crippen MR) is 69.3 cm³/mol. The number of benzene rings is 1. The molecule has 0 spiro atoms. The van der Waals surface area contributed by atoms with E-state index < -0.39 is 5.97 Å². The molecule has 0 radical (unpaired) electrons. The topological polar surface area (TPSA) is 50.2 Å². The molecule has 1 N–H and O–H groups in total. The molecule has 2 rings (SSSR count). The number of hydrogen-bond acceptors (Lipinski definition) is 3. The summed E-state index contributed by atoms with van der Waals surface area (Å²) in [6, 6.07) is 5.01. The van der Waals surface area contributed by atoms with Crippen molar-refractivity contribution >= 4 is 40.5 Å². The highest BCUT2D eigenvalue weighted by atomic mass is 35.5. The van der Waals surface area contributed by atoms with Gasteiger partial charge in [-0.3, -0.25) is 0 Å². The lowest BCUT2D eigenvalue weighted by atomic mass is 10.2. The number of nitrogens with zero attached hydrogens (tertiary/aromatic N) is 1. The second-order valence-corrected chi connectivity index (χ2v) is 5.21. The van der Waals surface area contributed by atoms with Crippen LogP contribution < -0.4 is 0 Å². The number of halogens is 2. The van der Waals surface area contributed by atoms with Gasteiger partial charge in [0.25, 0.3) is 0 Å². The van der Waals surface area contributed by atoms with Crippen LogP contribution in [0.3, 0.4) is 0 Å². The highest BCUT2D eigenvalue weighted by Gasteiger charge is 2.16. The molecule has 0 amide bonds. The van der Waals surface area contributed by atoms with E-state index in [2.05, 4.69) is 4.98 Å². The van der Waals surface area contributed by atoms with Gasteiger partial charge in [0.15, 0.2) is 0 Å². The molecule has 2 aromatic rings. The van der Waals surface area contributed by atoms with Gasteiger partial charge in [-0.2, -0.15) is 0 Å². The smallest absolute Gasteiger partial charge is 0.347 e. The second-order valence-electron chi connectivity index (χ2n) is 3.36. The normalized spacial score (nSPS) is 10.5. The number of aromatic nitrogens is 1. The first-order chi connectivity index (χ1) is 7.99. The number of aryl methyl sites for hydroxylation is 1. The molecule has 0 saturated carbocycles. The molecule has 0 atom stereocenters. The minimum Gasteiger partial charge on any atom is -0.477 e. The fourth-order valence-corrected chi connectivity index (χ4v) is 2.74. The Hall–Kier alpha value is -1.10. The summed E-state index contributed by atoms with van der Waals surface area (Å²) in [5.74, 6) is -0.982. The number of carboxylic acid groups (broad SMARTS) is 1. The van der Waals surface area contributed by atoms with Gasteiger partial charge in [-0.1, -0.05) is 23.2 Å². The van der Waals surface area contributed by atoms with Gasteiger partial charge in [-0.25, -0.2) is 9.78 Å². The minimum absolute atomic E-state index is 0.219. The molecule has 0 bridgehead atoms. The van der Waals surface area contributed by atoms with E-state index >= 15 is 0 Å². The molecule has 0 unspecified atom stereocenters. The van der Waals surface area contributed by atoms with Gasteiger partial charge in [0.2, 0.25) is 0 Å². The van der Waals surface area contributed by atoms with Crippen LogP contribution in [0.5, 0.6) is 0 Å². The number of hydrogen-bond donors (Lipinski definition) is 1. The Labute approximate surface area is 112 Å². The van der Waals surface area contributed by atoms with Crippen molar-refractivity contribution in [1.82, 2.24) is 4.98 Å². The van der Waals surface area contributed by atoms with E-state index in [9.17, 15) is 4.79 Å². The molecular weight excluding hydrogens is 281 g/mol. The maximum absolute atomic E-state index is 10.9. The van der Waals surface area contributed by atoms with Crippen LogP contribution in [0, 0.1) is 6.92 Å². The monoisotopic (exact) mass is 287 g/mol. The Morgan fingerprint density at radius 3 is 2.71 bits per heavy atom. The third-order valence-corrected chi connectivity index (χ3v) is 3.89. The van der Waals surface area contributed by atoms with Gasteiger partial charge in [-0.15, -0.1) is 11.3 Å². The van der Waals surface area contributed by atoms with Crippen LogP contribution in [0.25, 0.3) is 10.6 Å². The largest absolute Gasteiger partial charge is 0.477 e. The van der Waals surface area contributed by atoms with E-state index in [1.54, 1.807) is 25.1 Å². The Bertz CT molecular complexity index is 595. The van der Waals surface area contributed by atoms with E-state index in [1.807, 2.05) is 0 Å². The zero-order valence-electron chi connectivity index (χ0n) is 8.70. The van der Waals surface area contributed by atoms with Crippen LogP contribution in [0.1, 0.15) is 15.4 Å². The summed E-state index contributed by atoms with van der Waals surface area (Å²) in [6.45, 7) is 1.65. The quantitative estimate of drug-likeness (QED) is 0.904. The molecule has 0 fully saturated rings. The number of rotatable bonds is 2. The third-order valence-electron chi connectivity index (χ3n) is 2.15. The van der Waals surface area contributed by atoms with Crippen molar-refractivity contribution in [3.05, 3.63) is 38.8 Å². The fraction of sp³-hybridized carbons (Fsp3) is 0.0909. The molecule has 1 aromatic carbocycles. The van der Waals surface area contributed by atoms with Crippen LogP contribution in [-0.4, -0.2) is 16.1 Å². The third kappa shape index (κ3) is 2.44. The molecule has 88 valence electrons. The first-order valence-corrected chi connectivity index (χ1v) is 6.22. The number of carbonyl (C=O) groups is 1. The highest BCUT2D eigenvalue weighted by Crippen LogP contribution is 2.34. The van der Waals surface area contributed by atoms with Gasteiger partial charge >= 0.3 is 5.97 Å². The lowest BCUT2D eigenvalue weighted by Gasteiger charge is -2.00. The van der Waals surface area contributed by atoms with E-state index in [0.717, 1.165) is 11.3 Å². The van der Waals surface area contributed by atoms with Crippen molar-refractivity contribution in [1.29, 1.82) is 0 Å². The van der Waals surface area contributed by atoms with Crippen LogP contribution in [0.4, 0.5) is 0 Å². The zero-order chi connectivity index (χ0) is 12.6. The van der Waals surface area contributed by atoms with Crippen molar-refractivity contribution in [2.24, 2.45) is 0 Å². The highest BCUT2D eigenvalue weighted by molar-refractivity contribution is 7.17. The molecule has 17 heavy (non-hydrogen) atoms. The van der Waals surface area contributed by atoms with Gasteiger partial charge in [0.1, 0.15) is 9.88 Å². The molecule has 0 aliphatic heterocycles. The predicted octanol–water partition coefficient (Wildman–Crippen LogP) is 4.12. The number of carboxylic acids is 1. The fourth-order valence-electron chi connectivity index (χ4n) is 1.37. The molecule has 3 nitrogen and oxygen atoms in total. The lowest BCUT2D eigenvalue weighted by Crippen LogP contribution is -1.94. The average molecular weight is 288 g/mol. The summed E-state index contributed by atoms with van der Waals surface area (Å²) in [7, 11) is 0. The first kappa shape index (κ1) is 12.4. The van der Waals surface area contributed by atoms with Crippen LogP contribution in [0.15, 0.2) is 18.2 Å². The molecular formula is C11H7Cl2NO2S. The molecule has 0 saturated heterocycles. The standard InChI is InChI=1S/C11H7Cl2NO2S/c1-5-9(11(15)16)17-10(14-5)7-4-6(12)2-3-8(7)13/h2-4H,1H3,(H,15,16). The Kier molecular flexibility index (Phi) is 3.38. The lowest BCUT2D eigenvalue weighted by molar-refractivity contribution is 0.0701. The summed E-state index contributed by atoms with van der Waals surface area (Å²) in [6.07, 6.45) is 0. The van der Waals surface area contributed by atoms with Crippen LogP contribution >= 0.6 is 34.5 Å². The summed E-state index contributed by atoms with van der Waals surface area (Å²) < 4.78 is 0. The molecule has 0 aliphatic carbocycles. The SMILES string of the molecule is Cc1nc(-c2cc(Cl)ccc2Cl)sc1C(=O)O. The molecule has 6 heteroatoms. The number of aromatic carboxylic acids is 1. The number of thiazole rings is 1. The maximum Gasteiger partial charge on any atom is 0.347 e. The Balaban J connectivity index is 2.57. The molecule has 0 aliphatic rings. The van der Waals surface area contributed by atoms with Crippen molar-refractivity contribution < 1.29 is 9.90 Å². The maximum atomic E-state index is 10.9. The second kappa shape index (κ2) is 4.64. The van der Waals surface area contributed by atoms with E-state index in [0.29, 0.717) is 26.3 Å². The van der Waals surface area contributed by atoms with Gasteiger partial charge < -0.3 is 5.11 Å². The van der Waals surface area contributed by atoms with E-state index in [1.165, 1.54) is 0 Å². The zero-order valence-corrected chi connectivity index (χ0v) is 11.0. The Morgan fingerprint density at radius 2 is 2.12 bits per heavy atom. The van der Waals surface area contributed by atoms with Gasteiger partial charge in [0.05, 0.1) is 10.7 Å². The van der Waals surface area contributed by atoms with Crippen LogP contribution in [0.2, 0.25) is 10.0 Å². The van der Waals surface area contributed by atoms with E-state index in [-0.39, 0.29) is 4.88 Å². The van der Waals surface area contributed by atoms with Crippen LogP contribution in [-0.2, 0) is 0 Å².